The second kappa shape index (κ2) is 8.90. The number of aliphatic hydroxyl groups is 1. The van der Waals surface area contributed by atoms with Gasteiger partial charge in [0.05, 0.1) is 12.6 Å². The first-order valence-electron chi connectivity index (χ1n) is 8.80. The maximum absolute atomic E-state index is 13.3. The molecule has 0 amide bonds. The number of piperazine rings is 1. The number of aliphatic hydroxyl groups excluding tert-OH is 1. The molecule has 1 aliphatic heterocycles. The molecule has 0 bridgehead atoms. The molecule has 0 aromatic heterocycles. The van der Waals surface area contributed by atoms with E-state index >= 15 is 0 Å². The highest BCUT2D eigenvalue weighted by molar-refractivity contribution is 5.32. The molecular formula is C21H25FN2O. The van der Waals surface area contributed by atoms with Gasteiger partial charge in [0.25, 0.3) is 0 Å². The highest BCUT2D eigenvalue weighted by Gasteiger charge is 2.25. The molecule has 25 heavy (non-hydrogen) atoms. The van der Waals surface area contributed by atoms with Crippen molar-refractivity contribution in [1.29, 1.82) is 0 Å². The Morgan fingerprint density at radius 1 is 0.880 bits per heavy atom. The lowest BCUT2D eigenvalue weighted by atomic mass is 9.96. The summed E-state index contributed by atoms with van der Waals surface area (Å²) in [6, 6.07) is 17.4. The van der Waals surface area contributed by atoms with Gasteiger partial charge in [-0.1, -0.05) is 54.6 Å². The largest absolute Gasteiger partial charge is 0.392 e. The van der Waals surface area contributed by atoms with Gasteiger partial charge in [-0.05, 0) is 23.3 Å². The van der Waals surface area contributed by atoms with E-state index in [9.17, 15) is 4.39 Å². The van der Waals surface area contributed by atoms with Crippen molar-refractivity contribution in [3.63, 3.8) is 0 Å². The number of nitrogens with zero attached hydrogens (tertiary/aromatic N) is 2. The average Bonchev–Trinajstić information content (AvgIpc) is 2.66. The highest BCUT2D eigenvalue weighted by atomic mass is 19.1. The zero-order valence-corrected chi connectivity index (χ0v) is 14.4. The lowest BCUT2D eigenvalue weighted by Gasteiger charge is -2.39. The summed E-state index contributed by atoms with van der Waals surface area (Å²) in [5, 5.41) is 8.84. The van der Waals surface area contributed by atoms with E-state index in [1.165, 1.54) is 5.56 Å². The van der Waals surface area contributed by atoms with Crippen LogP contribution in [0.5, 0.6) is 0 Å². The number of hydrogen-bond donors (Lipinski definition) is 1. The van der Waals surface area contributed by atoms with Crippen LogP contribution in [0.1, 0.15) is 17.2 Å². The van der Waals surface area contributed by atoms with Gasteiger partial charge < -0.3 is 5.11 Å². The second-order valence-electron chi connectivity index (χ2n) is 6.36. The predicted octanol–water partition coefficient (Wildman–Crippen LogP) is 3.08. The molecule has 1 aliphatic rings. The first-order chi connectivity index (χ1) is 12.3. The molecule has 0 unspecified atom stereocenters. The molecule has 1 N–H and O–H groups in total. The van der Waals surface area contributed by atoms with Gasteiger partial charge in [0.2, 0.25) is 0 Å². The molecule has 4 heteroatoms. The van der Waals surface area contributed by atoms with Crippen molar-refractivity contribution in [3.05, 3.63) is 83.7 Å². The van der Waals surface area contributed by atoms with Crippen molar-refractivity contribution in [2.24, 2.45) is 0 Å². The molecule has 1 atom stereocenters. The molecule has 1 saturated heterocycles. The zero-order chi connectivity index (χ0) is 17.5. The minimum Gasteiger partial charge on any atom is -0.392 e. The Balaban J connectivity index is 1.75. The van der Waals surface area contributed by atoms with Gasteiger partial charge >= 0.3 is 0 Å². The third-order valence-corrected chi connectivity index (χ3v) is 4.71. The molecule has 0 radical (unpaired) electrons. The summed E-state index contributed by atoms with van der Waals surface area (Å²) >= 11 is 0. The van der Waals surface area contributed by atoms with Crippen LogP contribution in [0.3, 0.4) is 0 Å². The molecular weight excluding hydrogens is 315 g/mol. The van der Waals surface area contributed by atoms with Crippen LogP contribution in [0.15, 0.2) is 66.7 Å². The first kappa shape index (κ1) is 17.8. The fourth-order valence-electron chi connectivity index (χ4n) is 3.40. The third kappa shape index (κ3) is 4.75. The van der Waals surface area contributed by atoms with Gasteiger partial charge in [-0.3, -0.25) is 9.80 Å². The second-order valence-corrected chi connectivity index (χ2v) is 6.36. The standard InChI is InChI=1S/C21H25FN2O/c22-20-10-8-19(9-11-20)21(18-6-2-1-3-7-18)24-15-13-23(14-16-24)12-4-5-17-25/h1-11,21,25H,12-17H2/t21-/m1/s1. The van der Waals surface area contributed by atoms with Crippen LogP contribution in [0.4, 0.5) is 4.39 Å². The number of rotatable bonds is 6. The summed E-state index contributed by atoms with van der Waals surface area (Å²) in [6.07, 6.45) is 3.81. The maximum Gasteiger partial charge on any atom is 0.123 e. The minimum atomic E-state index is -0.198. The van der Waals surface area contributed by atoms with Crippen LogP contribution < -0.4 is 0 Å². The van der Waals surface area contributed by atoms with Crippen LogP contribution in [0, 0.1) is 5.82 Å². The van der Waals surface area contributed by atoms with Crippen molar-refractivity contribution in [2.75, 3.05) is 39.3 Å². The number of benzene rings is 2. The predicted molar refractivity (Wildman–Crippen MR) is 98.9 cm³/mol. The summed E-state index contributed by atoms with van der Waals surface area (Å²) in [5.41, 5.74) is 2.36. The molecule has 3 nitrogen and oxygen atoms in total. The third-order valence-electron chi connectivity index (χ3n) is 4.71. The zero-order valence-electron chi connectivity index (χ0n) is 14.4. The molecule has 2 aromatic carbocycles. The van der Waals surface area contributed by atoms with E-state index in [1.54, 1.807) is 18.2 Å². The van der Waals surface area contributed by atoms with Crippen LogP contribution in [0.2, 0.25) is 0 Å². The monoisotopic (exact) mass is 340 g/mol. The van der Waals surface area contributed by atoms with E-state index in [4.69, 9.17) is 5.11 Å². The van der Waals surface area contributed by atoms with E-state index in [0.29, 0.717) is 0 Å². The van der Waals surface area contributed by atoms with E-state index in [-0.39, 0.29) is 18.5 Å². The van der Waals surface area contributed by atoms with Crippen LogP contribution in [-0.2, 0) is 0 Å². The van der Waals surface area contributed by atoms with Crippen LogP contribution >= 0.6 is 0 Å². The van der Waals surface area contributed by atoms with Crippen LogP contribution in [0.25, 0.3) is 0 Å². The topological polar surface area (TPSA) is 26.7 Å². The van der Waals surface area contributed by atoms with Crippen molar-refractivity contribution in [2.45, 2.75) is 6.04 Å². The summed E-state index contributed by atoms with van der Waals surface area (Å²) in [5.74, 6) is -0.198. The van der Waals surface area contributed by atoms with Crippen molar-refractivity contribution >= 4 is 0 Å². The van der Waals surface area contributed by atoms with E-state index in [2.05, 4.69) is 34.1 Å². The highest BCUT2D eigenvalue weighted by Crippen LogP contribution is 2.29. The van der Waals surface area contributed by atoms with Gasteiger partial charge in [0.15, 0.2) is 0 Å². The summed E-state index contributed by atoms with van der Waals surface area (Å²) in [6.45, 7) is 4.87. The Kier molecular flexibility index (Phi) is 6.34. The lowest BCUT2D eigenvalue weighted by molar-refractivity contribution is 0.117. The molecule has 0 saturated carbocycles. The summed E-state index contributed by atoms with van der Waals surface area (Å²) in [7, 11) is 0. The Hall–Kier alpha value is -2.01. The Bertz CT molecular complexity index is 664. The SMILES string of the molecule is OCC=CCN1CCN([C@H](c2ccccc2)c2ccc(F)cc2)CC1. The molecule has 3 rings (SSSR count). The van der Waals surface area contributed by atoms with Gasteiger partial charge in [-0.2, -0.15) is 0 Å². The number of hydrogen-bond acceptors (Lipinski definition) is 3. The molecule has 0 aliphatic carbocycles. The lowest BCUT2D eigenvalue weighted by Crippen LogP contribution is -2.47. The van der Waals surface area contributed by atoms with Gasteiger partial charge in [-0.25, -0.2) is 4.39 Å². The van der Waals surface area contributed by atoms with Crippen molar-refractivity contribution < 1.29 is 9.50 Å². The minimum absolute atomic E-state index is 0.0978. The molecule has 0 spiro atoms. The van der Waals surface area contributed by atoms with E-state index in [0.717, 1.165) is 38.3 Å². The maximum atomic E-state index is 13.3. The average molecular weight is 340 g/mol. The normalized spacial score (nSPS) is 17.8. The Labute approximate surface area is 149 Å². The fraction of sp³-hybridized carbons (Fsp3) is 0.333. The Morgan fingerprint density at radius 3 is 2.16 bits per heavy atom. The number of halogens is 1. The van der Waals surface area contributed by atoms with Gasteiger partial charge in [-0.15, -0.1) is 0 Å². The molecule has 132 valence electrons. The van der Waals surface area contributed by atoms with E-state index < -0.39 is 0 Å². The van der Waals surface area contributed by atoms with Crippen molar-refractivity contribution in [1.82, 2.24) is 9.80 Å². The fourth-order valence-corrected chi connectivity index (χ4v) is 3.40. The Morgan fingerprint density at radius 2 is 1.52 bits per heavy atom. The summed E-state index contributed by atoms with van der Waals surface area (Å²) < 4.78 is 13.3. The summed E-state index contributed by atoms with van der Waals surface area (Å²) in [4.78, 5) is 4.85. The van der Waals surface area contributed by atoms with Gasteiger partial charge in [0.1, 0.15) is 5.82 Å². The molecule has 2 aromatic rings. The smallest absolute Gasteiger partial charge is 0.123 e. The molecule has 1 heterocycles. The quantitative estimate of drug-likeness (QED) is 0.819. The van der Waals surface area contributed by atoms with Crippen molar-refractivity contribution in [3.8, 4) is 0 Å². The molecule has 1 fully saturated rings. The van der Waals surface area contributed by atoms with Gasteiger partial charge in [0, 0.05) is 32.7 Å². The van der Waals surface area contributed by atoms with Crippen LogP contribution in [-0.4, -0.2) is 54.2 Å². The first-order valence-corrected chi connectivity index (χ1v) is 8.80. The van der Waals surface area contributed by atoms with E-state index in [1.807, 2.05) is 24.3 Å².